The molecule has 1 saturated heterocycles. The molecule has 1 aromatic carbocycles. The number of piperidine rings is 1. The van der Waals surface area contributed by atoms with Crippen LogP contribution in [-0.4, -0.2) is 30.1 Å². The molecule has 0 aromatic heterocycles. The van der Waals surface area contributed by atoms with Gasteiger partial charge in [0.05, 0.1) is 5.92 Å². The smallest absolute Gasteiger partial charge is 0.338 e. The molecule has 1 aromatic rings. The van der Waals surface area contributed by atoms with E-state index in [1.165, 1.54) is 18.2 Å². The van der Waals surface area contributed by atoms with Crippen LogP contribution in [0.2, 0.25) is 0 Å². The Morgan fingerprint density at radius 1 is 1.32 bits per heavy atom. The van der Waals surface area contributed by atoms with Gasteiger partial charge in [-0.2, -0.15) is 13.2 Å². The lowest BCUT2D eigenvalue weighted by Gasteiger charge is -2.33. The minimum absolute atomic E-state index is 0.0381. The van der Waals surface area contributed by atoms with Gasteiger partial charge in [0.1, 0.15) is 5.82 Å². The molecule has 0 radical (unpaired) electrons. The van der Waals surface area contributed by atoms with Crippen LogP contribution in [0.3, 0.4) is 0 Å². The summed E-state index contributed by atoms with van der Waals surface area (Å²) < 4.78 is 50.9. The fraction of sp³-hybridized carbons (Fsp3) is 0.462. The summed E-state index contributed by atoms with van der Waals surface area (Å²) in [7, 11) is 0. The Balaban J connectivity index is 2.11. The molecule has 19 heavy (non-hydrogen) atoms. The summed E-state index contributed by atoms with van der Waals surface area (Å²) >= 11 is 0. The fourth-order valence-corrected chi connectivity index (χ4v) is 2.23. The Kier molecular flexibility index (Phi) is 3.78. The molecule has 1 fully saturated rings. The molecule has 1 aliphatic rings. The van der Waals surface area contributed by atoms with Gasteiger partial charge in [-0.3, -0.25) is 4.79 Å². The van der Waals surface area contributed by atoms with Crippen molar-refractivity contribution < 1.29 is 22.4 Å². The van der Waals surface area contributed by atoms with Crippen LogP contribution < -0.4 is 0 Å². The van der Waals surface area contributed by atoms with Gasteiger partial charge in [0.2, 0.25) is 0 Å². The lowest BCUT2D eigenvalue weighted by atomic mass is 9.97. The first kappa shape index (κ1) is 13.8. The van der Waals surface area contributed by atoms with Crippen LogP contribution in [0.4, 0.5) is 17.6 Å². The van der Waals surface area contributed by atoms with E-state index in [1.54, 1.807) is 0 Å². The van der Waals surface area contributed by atoms with Crippen LogP contribution in [0, 0.1) is 11.7 Å². The van der Waals surface area contributed by atoms with Crippen molar-refractivity contribution in [3.63, 3.8) is 0 Å². The number of hydrogen-bond donors (Lipinski definition) is 0. The van der Waals surface area contributed by atoms with Crippen LogP contribution in [0.5, 0.6) is 0 Å². The van der Waals surface area contributed by atoms with Crippen LogP contribution in [-0.2, 0) is 0 Å². The monoisotopic (exact) mass is 275 g/mol. The molecule has 1 heterocycles. The summed E-state index contributed by atoms with van der Waals surface area (Å²) in [6, 6.07) is 5.00. The molecule has 1 atom stereocenters. The quantitative estimate of drug-likeness (QED) is 0.720. The van der Waals surface area contributed by atoms with E-state index >= 15 is 0 Å². The van der Waals surface area contributed by atoms with Crippen molar-refractivity contribution in [2.45, 2.75) is 19.0 Å². The van der Waals surface area contributed by atoms with Gasteiger partial charge in [-0.05, 0) is 31.0 Å². The summed E-state index contributed by atoms with van der Waals surface area (Å²) in [5.74, 6) is -2.61. The van der Waals surface area contributed by atoms with Gasteiger partial charge in [-0.25, -0.2) is 4.39 Å². The first-order valence-corrected chi connectivity index (χ1v) is 5.99. The summed E-state index contributed by atoms with van der Waals surface area (Å²) in [6.45, 7) is -0.0687. The van der Waals surface area contributed by atoms with E-state index in [1.807, 2.05) is 0 Å². The number of hydrogen-bond acceptors (Lipinski definition) is 1. The van der Waals surface area contributed by atoms with E-state index < -0.39 is 23.8 Å². The highest BCUT2D eigenvalue weighted by Gasteiger charge is 2.42. The Hall–Kier alpha value is -1.59. The van der Waals surface area contributed by atoms with E-state index in [0.29, 0.717) is 6.42 Å². The molecule has 1 amide bonds. The molecule has 6 heteroatoms. The predicted octanol–water partition coefficient (Wildman–Crippen LogP) is 3.24. The second-order valence-corrected chi connectivity index (χ2v) is 4.64. The molecule has 0 unspecified atom stereocenters. The number of nitrogens with zero attached hydrogens (tertiary/aromatic N) is 1. The molecule has 0 spiro atoms. The van der Waals surface area contributed by atoms with Crippen molar-refractivity contribution in [2.75, 3.05) is 13.1 Å². The highest BCUT2D eigenvalue weighted by molar-refractivity contribution is 5.94. The van der Waals surface area contributed by atoms with E-state index in [-0.39, 0.29) is 25.1 Å². The van der Waals surface area contributed by atoms with Gasteiger partial charge in [-0.15, -0.1) is 0 Å². The molecule has 0 saturated carbocycles. The number of benzene rings is 1. The zero-order valence-corrected chi connectivity index (χ0v) is 10.1. The molecule has 1 aliphatic heterocycles. The van der Waals surface area contributed by atoms with Crippen LogP contribution >= 0.6 is 0 Å². The molecule has 2 rings (SSSR count). The second kappa shape index (κ2) is 5.19. The van der Waals surface area contributed by atoms with Crippen molar-refractivity contribution >= 4 is 5.91 Å². The molecular formula is C13H13F4NO. The summed E-state index contributed by atoms with van der Waals surface area (Å²) in [5.41, 5.74) is 0.0859. The van der Waals surface area contributed by atoms with Crippen LogP contribution in [0.25, 0.3) is 0 Å². The standard InChI is InChI=1S/C13H13F4NO/c14-11-5-1-3-9(7-11)12(19)18-6-2-4-10(8-18)13(15,16)17/h1,3,5,7,10H,2,4,6,8H2/t10-/m0/s1. The Morgan fingerprint density at radius 2 is 2.05 bits per heavy atom. The third-order valence-electron chi connectivity index (χ3n) is 3.24. The maximum atomic E-state index is 13.0. The SMILES string of the molecule is O=C(c1cccc(F)c1)N1CCC[C@H](C(F)(F)F)C1. The van der Waals surface area contributed by atoms with Crippen molar-refractivity contribution in [2.24, 2.45) is 5.92 Å². The van der Waals surface area contributed by atoms with E-state index in [4.69, 9.17) is 0 Å². The highest BCUT2D eigenvalue weighted by Crippen LogP contribution is 2.33. The predicted molar refractivity (Wildman–Crippen MR) is 61.1 cm³/mol. The van der Waals surface area contributed by atoms with E-state index in [2.05, 4.69) is 0 Å². The average Bonchev–Trinajstić information content (AvgIpc) is 2.37. The number of carbonyl (C=O) groups excluding carboxylic acids is 1. The van der Waals surface area contributed by atoms with Crippen LogP contribution in [0.15, 0.2) is 24.3 Å². The number of rotatable bonds is 1. The minimum Gasteiger partial charge on any atom is -0.338 e. The van der Waals surface area contributed by atoms with Crippen molar-refractivity contribution in [1.82, 2.24) is 4.90 Å². The molecule has 2 nitrogen and oxygen atoms in total. The van der Waals surface area contributed by atoms with E-state index in [9.17, 15) is 22.4 Å². The molecular weight excluding hydrogens is 262 g/mol. The first-order chi connectivity index (χ1) is 8.88. The molecule has 0 aliphatic carbocycles. The number of alkyl halides is 3. The molecule has 0 N–H and O–H groups in total. The van der Waals surface area contributed by atoms with Gasteiger partial charge in [0, 0.05) is 18.7 Å². The largest absolute Gasteiger partial charge is 0.393 e. The fourth-order valence-electron chi connectivity index (χ4n) is 2.23. The topological polar surface area (TPSA) is 20.3 Å². The number of amides is 1. The zero-order chi connectivity index (χ0) is 14.0. The Bertz CT molecular complexity index is 472. The van der Waals surface area contributed by atoms with Crippen molar-refractivity contribution in [1.29, 1.82) is 0 Å². The van der Waals surface area contributed by atoms with Gasteiger partial charge in [0.15, 0.2) is 0 Å². The minimum atomic E-state index is -4.29. The van der Waals surface area contributed by atoms with Gasteiger partial charge in [-0.1, -0.05) is 6.07 Å². The van der Waals surface area contributed by atoms with E-state index in [0.717, 1.165) is 11.0 Å². The Morgan fingerprint density at radius 3 is 2.68 bits per heavy atom. The third kappa shape index (κ3) is 3.24. The normalized spacial score (nSPS) is 20.4. The van der Waals surface area contributed by atoms with Crippen molar-refractivity contribution in [3.8, 4) is 0 Å². The van der Waals surface area contributed by atoms with Crippen LogP contribution in [0.1, 0.15) is 23.2 Å². The lowest BCUT2D eigenvalue weighted by Crippen LogP contribution is -2.44. The highest BCUT2D eigenvalue weighted by atomic mass is 19.4. The van der Waals surface area contributed by atoms with Crippen molar-refractivity contribution in [3.05, 3.63) is 35.6 Å². The number of halogens is 4. The average molecular weight is 275 g/mol. The summed E-state index contributed by atoms with van der Waals surface area (Å²) in [4.78, 5) is 13.2. The van der Waals surface area contributed by atoms with Gasteiger partial charge >= 0.3 is 6.18 Å². The maximum Gasteiger partial charge on any atom is 0.393 e. The number of carbonyl (C=O) groups is 1. The summed E-state index contributed by atoms with van der Waals surface area (Å²) in [5, 5.41) is 0. The summed E-state index contributed by atoms with van der Waals surface area (Å²) in [6.07, 6.45) is -3.94. The van der Waals surface area contributed by atoms with Gasteiger partial charge in [0.25, 0.3) is 5.91 Å². The first-order valence-electron chi connectivity index (χ1n) is 5.99. The third-order valence-corrected chi connectivity index (χ3v) is 3.24. The second-order valence-electron chi connectivity index (χ2n) is 4.64. The zero-order valence-electron chi connectivity index (χ0n) is 10.1. The lowest BCUT2D eigenvalue weighted by molar-refractivity contribution is -0.184. The molecule has 0 bridgehead atoms. The molecule has 104 valence electrons. The Labute approximate surface area is 108 Å². The maximum absolute atomic E-state index is 13.0. The number of likely N-dealkylation sites (tertiary alicyclic amines) is 1. The van der Waals surface area contributed by atoms with Gasteiger partial charge < -0.3 is 4.90 Å².